The van der Waals surface area contributed by atoms with E-state index in [1.807, 2.05) is 7.05 Å². The zero-order valence-corrected chi connectivity index (χ0v) is 12.6. The Bertz CT molecular complexity index is 298. The van der Waals surface area contributed by atoms with Crippen molar-refractivity contribution >= 4 is 21.6 Å². The van der Waals surface area contributed by atoms with E-state index in [2.05, 4.69) is 5.32 Å². The summed E-state index contributed by atoms with van der Waals surface area (Å²) >= 11 is 1.76. The molecule has 0 spiro atoms. The highest BCUT2D eigenvalue weighted by Gasteiger charge is 2.22. The summed E-state index contributed by atoms with van der Waals surface area (Å²) in [4.78, 5) is 0. The number of rotatable bonds is 7. The van der Waals surface area contributed by atoms with Gasteiger partial charge in [-0.05, 0) is 25.8 Å². The second kappa shape index (κ2) is 7.64. The van der Waals surface area contributed by atoms with Crippen molar-refractivity contribution in [2.24, 2.45) is 5.92 Å². The van der Waals surface area contributed by atoms with Gasteiger partial charge >= 0.3 is 0 Å². The smallest absolute Gasteiger partial charge is 0.148 e. The van der Waals surface area contributed by atoms with Crippen LogP contribution in [0.4, 0.5) is 0 Å². The largest absolute Gasteiger partial charge is 0.316 e. The molecule has 1 rings (SSSR count). The van der Waals surface area contributed by atoms with E-state index in [0.717, 1.165) is 17.4 Å². The van der Waals surface area contributed by atoms with Gasteiger partial charge in [0.2, 0.25) is 0 Å². The molecule has 1 N–H and O–H groups in total. The van der Waals surface area contributed by atoms with Gasteiger partial charge in [-0.15, -0.1) is 0 Å². The second-order valence-corrected chi connectivity index (χ2v) is 8.41. The highest BCUT2D eigenvalue weighted by atomic mass is 32.2. The van der Waals surface area contributed by atoms with Gasteiger partial charge in [-0.25, -0.2) is 8.42 Å². The van der Waals surface area contributed by atoms with Gasteiger partial charge < -0.3 is 5.32 Å². The molecule has 0 aromatic rings. The Morgan fingerprint density at radius 2 is 1.94 bits per heavy atom. The summed E-state index contributed by atoms with van der Waals surface area (Å²) in [7, 11) is -0.771. The van der Waals surface area contributed by atoms with Crippen LogP contribution in [-0.4, -0.2) is 45.0 Å². The lowest BCUT2D eigenvalue weighted by atomic mass is 9.84. The summed E-state index contributed by atoms with van der Waals surface area (Å²) in [5, 5.41) is 3.40. The van der Waals surface area contributed by atoms with Crippen LogP contribution in [0.15, 0.2) is 0 Å². The number of nitrogens with one attached hydrogen (secondary N) is 1. The summed E-state index contributed by atoms with van der Waals surface area (Å²) in [6, 6.07) is 0.555. The van der Waals surface area contributed by atoms with Crippen LogP contribution in [0.1, 0.15) is 32.1 Å². The van der Waals surface area contributed by atoms with Gasteiger partial charge in [-0.3, -0.25) is 0 Å². The first kappa shape index (κ1) is 15.3. The predicted molar refractivity (Wildman–Crippen MR) is 76.5 cm³/mol. The molecule has 0 saturated heterocycles. The van der Waals surface area contributed by atoms with Crippen LogP contribution < -0.4 is 5.32 Å². The molecular formula is C12H25NO2S2. The molecule has 102 valence electrons. The fourth-order valence-electron chi connectivity index (χ4n) is 2.41. The Morgan fingerprint density at radius 1 is 1.29 bits per heavy atom. The average Bonchev–Trinajstić information content (AvgIpc) is 2.29. The lowest BCUT2D eigenvalue weighted by molar-refractivity contribution is 0.295. The maximum atomic E-state index is 11.0. The first-order valence-corrected chi connectivity index (χ1v) is 9.67. The third-order valence-corrected chi connectivity index (χ3v) is 5.78. The summed E-state index contributed by atoms with van der Waals surface area (Å²) < 4.78 is 22.0. The third-order valence-electron chi connectivity index (χ3n) is 3.49. The van der Waals surface area contributed by atoms with Crippen LogP contribution in [0.2, 0.25) is 0 Å². The first-order valence-electron chi connectivity index (χ1n) is 6.45. The predicted octanol–water partition coefficient (Wildman–Crippen LogP) is 1.93. The number of hydrogen-bond donors (Lipinski definition) is 1. The summed E-state index contributed by atoms with van der Waals surface area (Å²) in [6.45, 7) is 0. The first-order chi connectivity index (χ1) is 8.03. The van der Waals surface area contributed by atoms with Crippen molar-refractivity contribution in [2.75, 3.05) is 30.6 Å². The summed E-state index contributed by atoms with van der Waals surface area (Å²) in [5.41, 5.74) is 0. The Morgan fingerprint density at radius 3 is 2.47 bits per heavy atom. The van der Waals surface area contributed by atoms with Gasteiger partial charge in [0.05, 0.1) is 5.75 Å². The molecule has 1 saturated carbocycles. The van der Waals surface area contributed by atoms with Crippen LogP contribution >= 0.6 is 11.8 Å². The van der Waals surface area contributed by atoms with Crippen LogP contribution in [0.25, 0.3) is 0 Å². The number of sulfone groups is 1. The zero-order chi connectivity index (χ0) is 12.7. The monoisotopic (exact) mass is 279 g/mol. The van der Waals surface area contributed by atoms with Gasteiger partial charge in [0.15, 0.2) is 0 Å². The van der Waals surface area contributed by atoms with Crippen LogP contribution in [0.3, 0.4) is 0 Å². The lowest BCUT2D eigenvalue weighted by Gasteiger charge is -2.29. The molecular weight excluding hydrogens is 254 g/mol. The molecule has 1 aliphatic carbocycles. The lowest BCUT2D eigenvalue weighted by Crippen LogP contribution is -2.37. The fraction of sp³-hybridized carbons (Fsp3) is 1.00. The Labute approximate surface area is 110 Å². The Balaban J connectivity index is 2.22. The van der Waals surface area contributed by atoms with Crippen molar-refractivity contribution in [1.29, 1.82) is 0 Å². The molecule has 0 aliphatic heterocycles. The van der Waals surface area contributed by atoms with E-state index in [-0.39, 0.29) is 0 Å². The van der Waals surface area contributed by atoms with Crippen molar-refractivity contribution in [3.05, 3.63) is 0 Å². The van der Waals surface area contributed by atoms with Crippen molar-refractivity contribution in [3.63, 3.8) is 0 Å². The van der Waals surface area contributed by atoms with Gasteiger partial charge in [-0.2, -0.15) is 11.8 Å². The topological polar surface area (TPSA) is 46.2 Å². The third kappa shape index (κ3) is 6.67. The normalized spacial score (nSPS) is 20.4. The zero-order valence-electron chi connectivity index (χ0n) is 10.9. The Kier molecular flexibility index (Phi) is 6.89. The van der Waals surface area contributed by atoms with E-state index < -0.39 is 9.84 Å². The average molecular weight is 279 g/mol. The van der Waals surface area contributed by atoms with E-state index in [9.17, 15) is 8.42 Å². The maximum Gasteiger partial charge on any atom is 0.148 e. The van der Waals surface area contributed by atoms with Crippen molar-refractivity contribution in [3.8, 4) is 0 Å². The molecule has 0 radical (unpaired) electrons. The van der Waals surface area contributed by atoms with Gasteiger partial charge in [0.25, 0.3) is 0 Å². The summed E-state index contributed by atoms with van der Waals surface area (Å²) in [5.74, 6) is 2.86. The summed E-state index contributed by atoms with van der Waals surface area (Å²) in [6.07, 6.45) is 8.07. The van der Waals surface area contributed by atoms with E-state index in [0.29, 0.717) is 11.8 Å². The molecule has 0 aromatic carbocycles. The minimum absolute atomic E-state index is 0.304. The van der Waals surface area contributed by atoms with Gasteiger partial charge in [0.1, 0.15) is 9.84 Å². The molecule has 1 unspecified atom stereocenters. The van der Waals surface area contributed by atoms with Crippen LogP contribution in [0.5, 0.6) is 0 Å². The van der Waals surface area contributed by atoms with Crippen molar-refractivity contribution < 1.29 is 8.42 Å². The minimum atomic E-state index is -2.79. The van der Waals surface area contributed by atoms with Crippen molar-refractivity contribution in [2.45, 2.75) is 38.1 Å². The molecule has 17 heavy (non-hydrogen) atoms. The molecule has 0 aromatic heterocycles. The minimum Gasteiger partial charge on any atom is -0.316 e. The fourth-order valence-corrected chi connectivity index (χ4v) is 4.95. The quantitative estimate of drug-likeness (QED) is 0.723. The highest BCUT2D eigenvalue weighted by molar-refractivity contribution is 8.00. The number of hydrogen-bond acceptors (Lipinski definition) is 4. The molecule has 0 heterocycles. The molecule has 1 fully saturated rings. The Hall–Kier alpha value is 0.260. The molecule has 0 amide bonds. The van der Waals surface area contributed by atoms with E-state index >= 15 is 0 Å². The SMILES string of the molecule is CNC(CSCCS(C)(=O)=O)C1CCCCC1. The standard InChI is InChI=1S/C12H25NO2S2/c1-13-12(11-6-4-3-5-7-11)10-16-8-9-17(2,14)15/h11-13H,3-10H2,1-2H3. The highest BCUT2D eigenvalue weighted by Crippen LogP contribution is 2.27. The molecule has 1 aliphatic rings. The molecule has 5 heteroatoms. The van der Waals surface area contributed by atoms with E-state index in [1.54, 1.807) is 11.8 Å². The van der Waals surface area contributed by atoms with E-state index in [1.165, 1.54) is 38.4 Å². The van der Waals surface area contributed by atoms with Crippen molar-refractivity contribution in [1.82, 2.24) is 5.32 Å². The second-order valence-electron chi connectivity index (χ2n) is 5.00. The van der Waals surface area contributed by atoms with Gasteiger partial charge in [0, 0.05) is 23.8 Å². The molecule has 1 atom stereocenters. The van der Waals surface area contributed by atoms with Crippen LogP contribution in [0, 0.1) is 5.92 Å². The van der Waals surface area contributed by atoms with Gasteiger partial charge in [-0.1, -0.05) is 19.3 Å². The number of thioether (sulfide) groups is 1. The van der Waals surface area contributed by atoms with E-state index in [4.69, 9.17) is 0 Å². The molecule has 3 nitrogen and oxygen atoms in total. The van der Waals surface area contributed by atoms with Crippen LogP contribution in [-0.2, 0) is 9.84 Å². The molecule has 0 bridgehead atoms. The maximum absolute atomic E-state index is 11.0.